The first-order valence-electron chi connectivity index (χ1n) is 1.52. The number of hydroxylamine groups is 1. The number of hydrogen-bond donors (Lipinski definition) is 1. The minimum Gasteiger partial charge on any atom is -0.274 e. The number of nitrogens with one attached hydrogen (secondary N) is 1. The highest BCUT2D eigenvalue weighted by molar-refractivity contribution is 5.85. The van der Waals surface area contributed by atoms with Crippen LogP contribution in [0.2, 0.25) is 0 Å². The summed E-state index contributed by atoms with van der Waals surface area (Å²) in [7, 11) is 0. The average molecular weight is 108 g/mol. The molecular weight excluding hydrogens is 101 g/mol. The van der Waals surface area contributed by atoms with E-state index in [1.807, 2.05) is 6.08 Å². The molecule has 0 unspecified atom stereocenters. The second-order valence-corrected chi connectivity index (χ2v) is 0.831. The van der Waals surface area contributed by atoms with Gasteiger partial charge in [-0.3, -0.25) is 10.3 Å². The summed E-state index contributed by atoms with van der Waals surface area (Å²) in [4.78, 5) is 4.58. The van der Waals surface area contributed by atoms with Crippen molar-refractivity contribution in [3.05, 3.63) is 12.3 Å². The summed E-state index contributed by atoms with van der Waals surface area (Å²) < 4.78 is 0. The predicted octanol–water partition coefficient (Wildman–Crippen LogP) is 0.457. The van der Waals surface area contributed by atoms with Crippen LogP contribution in [0.4, 0.5) is 0 Å². The van der Waals surface area contributed by atoms with Crippen LogP contribution in [0.15, 0.2) is 12.3 Å². The van der Waals surface area contributed by atoms with E-state index in [1.54, 1.807) is 6.20 Å². The van der Waals surface area contributed by atoms with Crippen molar-refractivity contribution in [3.8, 4) is 0 Å². The van der Waals surface area contributed by atoms with E-state index in [4.69, 9.17) is 0 Å². The van der Waals surface area contributed by atoms with Crippen LogP contribution in [0.3, 0.4) is 0 Å². The molecule has 0 aromatic carbocycles. The maximum absolute atomic E-state index is 4.58. The maximum Gasteiger partial charge on any atom is 0.0945 e. The first kappa shape index (κ1) is 5.79. The molecule has 1 heterocycles. The number of halogens is 1. The molecule has 0 saturated carbocycles. The Labute approximate surface area is 42.5 Å². The van der Waals surface area contributed by atoms with E-state index in [-0.39, 0.29) is 12.4 Å². The van der Waals surface area contributed by atoms with Gasteiger partial charge in [0.1, 0.15) is 0 Å². The van der Waals surface area contributed by atoms with Crippen molar-refractivity contribution in [2.45, 2.75) is 0 Å². The van der Waals surface area contributed by atoms with Crippen LogP contribution < -0.4 is 5.48 Å². The Bertz CT molecular complexity index is 48.8. The Morgan fingerprint density at radius 1 is 1.67 bits per heavy atom. The maximum atomic E-state index is 4.58. The van der Waals surface area contributed by atoms with Crippen LogP contribution in [0.1, 0.15) is 0 Å². The van der Waals surface area contributed by atoms with Gasteiger partial charge in [0.05, 0.1) is 6.61 Å². The van der Waals surface area contributed by atoms with Gasteiger partial charge in [-0.05, 0) is 6.08 Å². The van der Waals surface area contributed by atoms with E-state index >= 15 is 0 Å². The van der Waals surface area contributed by atoms with Gasteiger partial charge in [-0.25, -0.2) is 0 Å². The average Bonchev–Trinajstić information content (AvgIpc) is 1.76. The zero-order valence-corrected chi connectivity index (χ0v) is 3.99. The summed E-state index contributed by atoms with van der Waals surface area (Å²) in [5.41, 5.74) is 2.54. The van der Waals surface area contributed by atoms with Gasteiger partial charge in [0, 0.05) is 6.20 Å². The third-order valence-electron chi connectivity index (χ3n) is 0.449. The first-order chi connectivity index (χ1) is 2.50. The summed E-state index contributed by atoms with van der Waals surface area (Å²) in [6, 6.07) is 0. The number of hydrogen-bond acceptors (Lipinski definition) is 2. The first-order valence-corrected chi connectivity index (χ1v) is 1.52. The second kappa shape index (κ2) is 3.00. The molecule has 0 radical (unpaired) electrons. The van der Waals surface area contributed by atoms with Crippen LogP contribution in [0.5, 0.6) is 0 Å². The molecule has 0 saturated heterocycles. The summed E-state index contributed by atoms with van der Waals surface area (Å²) in [5.74, 6) is 0. The Hall–Kier alpha value is -0.210. The third kappa shape index (κ3) is 1.29. The zero-order valence-electron chi connectivity index (χ0n) is 3.18. The molecule has 1 rings (SSSR count). The summed E-state index contributed by atoms with van der Waals surface area (Å²) in [6.45, 7) is 0.708. The molecule has 3 heteroatoms. The summed E-state index contributed by atoms with van der Waals surface area (Å²) >= 11 is 0. The zero-order chi connectivity index (χ0) is 3.54. The lowest BCUT2D eigenvalue weighted by Crippen LogP contribution is -1.95. The molecule has 2 nitrogen and oxygen atoms in total. The molecule has 0 aliphatic carbocycles. The summed E-state index contributed by atoms with van der Waals surface area (Å²) in [5, 5.41) is 0. The molecule has 6 heavy (non-hydrogen) atoms. The van der Waals surface area contributed by atoms with Gasteiger partial charge in [-0.1, -0.05) is 0 Å². The molecule has 0 atom stereocenters. The van der Waals surface area contributed by atoms with Gasteiger partial charge >= 0.3 is 0 Å². The SMILES string of the molecule is C1=CNOC1.Cl. The molecular formula is C3H6ClNO. The van der Waals surface area contributed by atoms with Gasteiger partial charge in [-0.15, -0.1) is 12.4 Å². The lowest BCUT2D eigenvalue weighted by Gasteiger charge is -1.82. The highest BCUT2D eigenvalue weighted by Gasteiger charge is 1.80. The van der Waals surface area contributed by atoms with Crippen molar-refractivity contribution in [1.29, 1.82) is 0 Å². The van der Waals surface area contributed by atoms with E-state index in [1.165, 1.54) is 0 Å². The number of rotatable bonds is 0. The molecule has 0 fully saturated rings. The molecule has 1 aliphatic heterocycles. The largest absolute Gasteiger partial charge is 0.274 e. The molecule has 0 amide bonds. The lowest BCUT2D eigenvalue weighted by atomic mass is 10.7. The highest BCUT2D eigenvalue weighted by atomic mass is 35.5. The van der Waals surface area contributed by atoms with Gasteiger partial charge in [0.15, 0.2) is 0 Å². The van der Waals surface area contributed by atoms with E-state index in [0.717, 1.165) is 0 Å². The minimum absolute atomic E-state index is 0. The van der Waals surface area contributed by atoms with Gasteiger partial charge in [0.25, 0.3) is 0 Å². The standard InChI is InChI=1S/C3H5NO.ClH/c1-2-4-5-3-1;/h1-2,4H,3H2;1H. The van der Waals surface area contributed by atoms with Crippen LogP contribution >= 0.6 is 12.4 Å². The third-order valence-corrected chi connectivity index (χ3v) is 0.449. The molecule has 36 valence electrons. The Morgan fingerprint density at radius 2 is 2.50 bits per heavy atom. The van der Waals surface area contributed by atoms with Crippen LogP contribution in [-0.4, -0.2) is 6.61 Å². The summed E-state index contributed by atoms with van der Waals surface area (Å²) in [6.07, 6.45) is 3.67. The Balaban J connectivity index is 0.000000250. The smallest absolute Gasteiger partial charge is 0.0945 e. The lowest BCUT2D eigenvalue weighted by molar-refractivity contribution is 0.115. The van der Waals surface area contributed by atoms with Crippen LogP contribution in [0.25, 0.3) is 0 Å². The van der Waals surface area contributed by atoms with E-state index in [0.29, 0.717) is 6.61 Å². The molecule has 1 N–H and O–H groups in total. The quantitative estimate of drug-likeness (QED) is 0.486. The predicted molar refractivity (Wildman–Crippen MR) is 25.5 cm³/mol. The topological polar surface area (TPSA) is 21.3 Å². The van der Waals surface area contributed by atoms with Gasteiger partial charge < -0.3 is 0 Å². The monoisotopic (exact) mass is 107 g/mol. The molecule has 0 aromatic rings. The highest BCUT2D eigenvalue weighted by Crippen LogP contribution is 1.77. The van der Waals surface area contributed by atoms with E-state index in [9.17, 15) is 0 Å². The van der Waals surface area contributed by atoms with Crippen LogP contribution in [0, 0.1) is 0 Å². The molecule has 0 bridgehead atoms. The van der Waals surface area contributed by atoms with Crippen molar-refractivity contribution in [2.75, 3.05) is 6.61 Å². The second-order valence-electron chi connectivity index (χ2n) is 0.831. The van der Waals surface area contributed by atoms with Crippen LogP contribution in [-0.2, 0) is 4.84 Å². The molecule has 0 spiro atoms. The minimum atomic E-state index is 0. The normalized spacial score (nSPS) is 16.0. The Kier molecular flexibility index (Phi) is 2.89. The fraction of sp³-hybridized carbons (Fsp3) is 0.333. The van der Waals surface area contributed by atoms with Crippen molar-refractivity contribution < 1.29 is 4.84 Å². The van der Waals surface area contributed by atoms with E-state index in [2.05, 4.69) is 10.3 Å². The molecule has 1 aliphatic rings. The van der Waals surface area contributed by atoms with Gasteiger partial charge in [0.2, 0.25) is 0 Å². The van der Waals surface area contributed by atoms with E-state index < -0.39 is 0 Å². The fourth-order valence-corrected chi connectivity index (χ4v) is 0.241. The van der Waals surface area contributed by atoms with Crippen molar-refractivity contribution in [1.82, 2.24) is 5.48 Å². The van der Waals surface area contributed by atoms with Crippen molar-refractivity contribution in [2.24, 2.45) is 0 Å². The Morgan fingerprint density at radius 3 is 2.67 bits per heavy atom. The fourth-order valence-electron chi connectivity index (χ4n) is 0.241. The van der Waals surface area contributed by atoms with Gasteiger partial charge in [-0.2, -0.15) is 0 Å². The molecule has 0 aromatic heterocycles. The van der Waals surface area contributed by atoms with Crippen molar-refractivity contribution in [3.63, 3.8) is 0 Å². The van der Waals surface area contributed by atoms with Crippen molar-refractivity contribution >= 4 is 12.4 Å².